The van der Waals surface area contributed by atoms with Crippen LogP contribution in [-0.4, -0.2) is 41.7 Å². The Kier molecular flexibility index (Phi) is 4.70. The quantitative estimate of drug-likeness (QED) is 0.756. The lowest BCUT2D eigenvalue weighted by Crippen LogP contribution is -2.08. The van der Waals surface area contributed by atoms with Crippen LogP contribution in [0.2, 0.25) is 0 Å². The number of carboxylic acids is 1. The number of carboxylic acid groups (broad SMARTS) is 1. The molecule has 2 aromatic heterocycles. The zero-order valence-corrected chi connectivity index (χ0v) is 11.7. The van der Waals surface area contributed by atoms with Crippen molar-refractivity contribution in [2.75, 3.05) is 5.75 Å². The zero-order chi connectivity index (χ0) is 14.5. The van der Waals surface area contributed by atoms with Gasteiger partial charge in [0.15, 0.2) is 11.0 Å². The highest BCUT2D eigenvalue weighted by atomic mass is 32.2. The number of rotatable bonds is 6. The highest BCUT2D eigenvalue weighted by Gasteiger charge is 2.13. The van der Waals surface area contributed by atoms with Gasteiger partial charge in [-0.05, 0) is 18.6 Å². The van der Waals surface area contributed by atoms with Crippen LogP contribution < -0.4 is 0 Å². The van der Waals surface area contributed by atoms with Crippen molar-refractivity contribution in [1.29, 1.82) is 0 Å². The lowest BCUT2D eigenvalue weighted by molar-refractivity contribution is -0.133. The molecule has 2 rings (SSSR count). The Morgan fingerprint density at radius 1 is 1.40 bits per heavy atom. The number of aliphatic hydroxyl groups excluding tert-OH is 1. The van der Waals surface area contributed by atoms with Gasteiger partial charge in [0.2, 0.25) is 0 Å². The van der Waals surface area contributed by atoms with E-state index in [0.29, 0.717) is 17.5 Å². The Morgan fingerprint density at radius 3 is 2.80 bits per heavy atom. The fourth-order valence-corrected chi connectivity index (χ4v) is 2.28. The van der Waals surface area contributed by atoms with Crippen LogP contribution in [0.1, 0.15) is 17.1 Å². The van der Waals surface area contributed by atoms with Gasteiger partial charge in [0.05, 0.1) is 12.3 Å². The van der Waals surface area contributed by atoms with E-state index in [1.165, 1.54) is 0 Å². The summed E-state index contributed by atoms with van der Waals surface area (Å²) in [5.41, 5.74) is 1.85. The van der Waals surface area contributed by atoms with Gasteiger partial charge in [-0.1, -0.05) is 17.8 Å². The highest BCUT2D eigenvalue weighted by molar-refractivity contribution is 7.99. The standard InChI is InChI=1S/C12H14N4O3S/c1-8-2-3-9(4-13-8)5-16-10(6-17)14-15-12(16)20-7-11(18)19/h2-4,17H,5-7H2,1H3,(H,18,19). The van der Waals surface area contributed by atoms with Crippen LogP contribution in [0.3, 0.4) is 0 Å². The van der Waals surface area contributed by atoms with Gasteiger partial charge in [-0.2, -0.15) is 0 Å². The topological polar surface area (TPSA) is 101 Å². The third-order valence-electron chi connectivity index (χ3n) is 2.57. The van der Waals surface area contributed by atoms with Gasteiger partial charge in [0, 0.05) is 11.9 Å². The first-order valence-electron chi connectivity index (χ1n) is 5.89. The van der Waals surface area contributed by atoms with E-state index in [4.69, 9.17) is 5.11 Å². The molecule has 0 atom stereocenters. The predicted octanol–water partition coefficient (Wildman–Crippen LogP) is 0.699. The number of hydrogen-bond donors (Lipinski definition) is 2. The minimum atomic E-state index is -0.924. The van der Waals surface area contributed by atoms with Gasteiger partial charge in [0.1, 0.15) is 6.61 Å². The molecule has 0 saturated carbocycles. The molecule has 0 fully saturated rings. The van der Waals surface area contributed by atoms with E-state index < -0.39 is 5.97 Å². The van der Waals surface area contributed by atoms with Crippen molar-refractivity contribution in [1.82, 2.24) is 19.7 Å². The van der Waals surface area contributed by atoms with Crippen LogP contribution in [0, 0.1) is 6.92 Å². The van der Waals surface area contributed by atoms with Gasteiger partial charge in [-0.25, -0.2) is 0 Å². The Balaban J connectivity index is 2.21. The summed E-state index contributed by atoms with van der Waals surface area (Å²) in [5, 5.41) is 26.2. The zero-order valence-electron chi connectivity index (χ0n) is 10.9. The summed E-state index contributed by atoms with van der Waals surface area (Å²) in [6.45, 7) is 2.09. The molecule has 106 valence electrons. The second kappa shape index (κ2) is 6.49. The summed E-state index contributed by atoms with van der Waals surface area (Å²) in [6.07, 6.45) is 1.74. The predicted molar refractivity (Wildman–Crippen MR) is 72.4 cm³/mol. The van der Waals surface area contributed by atoms with Gasteiger partial charge in [-0.15, -0.1) is 10.2 Å². The number of nitrogens with zero attached hydrogens (tertiary/aromatic N) is 4. The average molecular weight is 294 g/mol. The fourth-order valence-electron chi connectivity index (χ4n) is 1.60. The first-order chi connectivity index (χ1) is 9.60. The highest BCUT2D eigenvalue weighted by Crippen LogP contribution is 2.18. The Hall–Kier alpha value is -1.93. The van der Waals surface area contributed by atoms with Gasteiger partial charge >= 0.3 is 5.97 Å². The number of hydrogen-bond acceptors (Lipinski definition) is 6. The number of thioether (sulfide) groups is 1. The minimum absolute atomic E-state index is 0.101. The first-order valence-corrected chi connectivity index (χ1v) is 6.87. The number of pyridine rings is 1. The molecule has 0 aliphatic rings. The Labute approximate surface area is 119 Å². The molecule has 2 aromatic rings. The summed E-state index contributed by atoms with van der Waals surface area (Å²) >= 11 is 1.07. The van der Waals surface area contributed by atoms with Crippen molar-refractivity contribution in [3.05, 3.63) is 35.4 Å². The molecular formula is C12H14N4O3S. The van der Waals surface area contributed by atoms with Crippen LogP contribution in [-0.2, 0) is 17.9 Å². The van der Waals surface area contributed by atoms with Crippen molar-refractivity contribution in [2.24, 2.45) is 0 Å². The third-order valence-corrected chi connectivity index (χ3v) is 3.52. The molecule has 2 heterocycles. The van der Waals surface area contributed by atoms with E-state index in [0.717, 1.165) is 23.0 Å². The lowest BCUT2D eigenvalue weighted by Gasteiger charge is -2.08. The number of aliphatic hydroxyl groups is 1. The van der Waals surface area contributed by atoms with E-state index in [9.17, 15) is 9.90 Å². The normalized spacial score (nSPS) is 10.7. The van der Waals surface area contributed by atoms with Crippen molar-refractivity contribution in [2.45, 2.75) is 25.2 Å². The molecule has 0 spiro atoms. The maximum Gasteiger partial charge on any atom is 0.313 e. The van der Waals surface area contributed by atoms with Crippen molar-refractivity contribution in [3.8, 4) is 0 Å². The fraction of sp³-hybridized carbons (Fsp3) is 0.333. The largest absolute Gasteiger partial charge is 0.481 e. The number of aromatic nitrogens is 4. The SMILES string of the molecule is Cc1ccc(Cn2c(CO)nnc2SCC(=O)O)cn1. The molecule has 0 bridgehead atoms. The van der Waals surface area contributed by atoms with Gasteiger partial charge in [0.25, 0.3) is 0 Å². The Morgan fingerprint density at radius 2 is 2.20 bits per heavy atom. The summed E-state index contributed by atoms with van der Waals surface area (Å²) < 4.78 is 1.69. The molecule has 0 unspecified atom stereocenters. The average Bonchev–Trinajstić information content (AvgIpc) is 2.81. The van der Waals surface area contributed by atoms with Crippen LogP contribution in [0.4, 0.5) is 0 Å². The molecule has 0 radical (unpaired) electrons. The van der Waals surface area contributed by atoms with Crippen LogP contribution >= 0.6 is 11.8 Å². The summed E-state index contributed by atoms with van der Waals surface area (Å²) in [5.74, 6) is -0.624. The molecular weight excluding hydrogens is 280 g/mol. The molecule has 20 heavy (non-hydrogen) atoms. The van der Waals surface area contributed by atoms with E-state index in [-0.39, 0.29) is 12.4 Å². The van der Waals surface area contributed by atoms with Gasteiger partial charge < -0.3 is 10.2 Å². The van der Waals surface area contributed by atoms with E-state index >= 15 is 0 Å². The Bertz CT molecular complexity index is 597. The molecule has 8 heteroatoms. The maximum absolute atomic E-state index is 10.6. The lowest BCUT2D eigenvalue weighted by atomic mass is 10.2. The molecule has 0 saturated heterocycles. The second-order valence-corrected chi connectivity index (χ2v) is 5.08. The molecule has 7 nitrogen and oxygen atoms in total. The molecule has 0 amide bonds. The number of aliphatic carboxylic acids is 1. The number of carbonyl (C=O) groups is 1. The molecule has 0 aliphatic heterocycles. The molecule has 0 aromatic carbocycles. The van der Waals surface area contributed by atoms with E-state index in [1.54, 1.807) is 10.8 Å². The third kappa shape index (κ3) is 3.55. The van der Waals surface area contributed by atoms with Crippen molar-refractivity contribution in [3.63, 3.8) is 0 Å². The summed E-state index contributed by atoms with van der Waals surface area (Å²) in [6, 6.07) is 3.82. The van der Waals surface area contributed by atoms with Gasteiger partial charge in [-0.3, -0.25) is 14.3 Å². The second-order valence-electron chi connectivity index (χ2n) is 4.13. The number of aryl methyl sites for hydroxylation is 1. The van der Waals surface area contributed by atoms with Crippen LogP contribution in [0.25, 0.3) is 0 Å². The molecule has 0 aliphatic carbocycles. The van der Waals surface area contributed by atoms with Crippen molar-refractivity contribution < 1.29 is 15.0 Å². The summed E-state index contributed by atoms with van der Waals surface area (Å²) in [7, 11) is 0. The molecule has 2 N–H and O–H groups in total. The minimum Gasteiger partial charge on any atom is -0.481 e. The maximum atomic E-state index is 10.6. The van der Waals surface area contributed by atoms with E-state index in [1.807, 2.05) is 19.1 Å². The van der Waals surface area contributed by atoms with Crippen molar-refractivity contribution >= 4 is 17.7 Å². The smallest absolute Gasteiger partial charge is 0.313 e. The first kappa shape index (κ1) is 14.5. The summed E-state index contributed by atoms with van der Waals surface area (Å²) in [4.78, 5) is 14.8. The van der Waals surface area contributed by atoms with Crippen LogP contribution in [0.15, 0.2) is 23.5 Å². The monoisotopic (exact) mass is 294 g/mol. The van der Waals surface area contributed by atoms with Crippen LogP contribution in [0.5, 0.6) is 0 Å². The van der Waals surface area contributed by atoms with E-state index in [2.05, 4.69) is 15.2 Å².